The number of methoxy groups -OCH3 is 2. The van der Waals surface area contributed by atoms with Crippen LogP contribution in [-0.2, 0) is 0 Å². The van der Waals surface area contributed by atoms with Gasteiger partial charge in [-0.3, -0.25) is 10.1 Å². The lowest BCUT2D eigenvalue weighted by Crippen LogP contribution is -2.13. The molecular formula is C13H13FN2O5. The first-order valence-electron chi connectivity index (χ1n) is 5.89. The Labute approximate surface area is 119 Å². The number of hydrogen-bond acceptors (Lipinski definition) is 6. The predicted molar refractivity (Wildman–Crippen MR) is 70.9 cm³/mol. The number of rotatable bonds is 5. The molecule has 21 heavy (non-hydrogen) atoms. The van der Waals surface area contributed by atoms with Crippen molar-refractivity contribution in [3.63, 3.8) is 0 Å². The highest BCUT2D eigenvalue weighted by atomic mass is 19.1. The van der Waals surface area contributed by atoms with Crippen LogP contribution in [0.2, 0.25) is 0 Å². The molecule has 2 aromatic rings. The third-order valence-corrected chi connectivity index (χ3v) is 2.94. The topological polar surface area (TPSA) is 101 Å². The standard InChI is InChI=1S/C13H13FN2O5/c1-19-10-5-7(8(14)6-11(10)20-2)13(15)9-3-4-12(21-9)16(17)18/h3-6,13H,15H2,1-2H3. The minimum absolute atomic E-state index is 0.0767. The van der Waals surface area contributed by atoms with Crippen LogP contribution in [0, 0.1) is 15.9 Å². The molecule has 0 aliphatic heterocycles. The van der Waals surface area contributed by atoms with E-state index in [-0.39, 0.29) is 17.1 Å². The number of halogens is 1. The Kier molecular flexibility index (Phi) is 4.08. The summed E-state index contributed by atoms with van der Waals surface area (Å²) >= 11 is 0. The average Bonchev–Trinajstić information content (AvgIpc) is 2.96. The van der Waals surface area contributed by atoms with Crippen LogP contribution in [0.1, 0.15) is 17.4 Å². The van der Waals surface area contributed by atoms with Gasteiger partial charge in [0.1, 0.15) is 16.5 Å². The lowest BCUT2D eigenvalue weighted by atomic mass is 10.0. The van der Waals surface area contributed by atoms with E-state index in [4.69, 9.17) is 19.6 Å². The molecule has 1 aromatic heterocycles. The van der Waals surface area contributed by atoms with Gasteiger partial charge in [-0.1, -0.05) is 0 Å². The van der Waals surface area contributed by atoms with Crippen LogP contribution >= 0.6 is 0 Å². The van der Waals surface area contributed by atoms with Gasteiger partial charge in [0.2, 0.25) is 0 Å². The summed E-state index contributed by atoms with van der Waals surface area (Å²) in [6.45, 7) is 0. The first-order chi connectivity index (χ1) is 9.97. The van der Waals surface area contributed by atoms with Crippen molar-refractivity contribution in [3.8, 4) is 11.5 Å². The van der Waals surface area contributed by atoms with Crippen LogP contribution in [0.4, 0.5) is 10.3 Å². The molecule has 8 heteroatoms. The van der Waals surface area contributed by atoms with Gasteiger partial charge in [-0.05, 0) is 12.1 Å². The van der Waals surface area contributed by atoms with Crippen LogP contribution in [0.5, 0.6) is 11.5 Å². The molecule has 0 radical (unpaired) electrons. The Hall–Kier alpha value is -2.61. The molecule has 1 heterocycles. The van der Waals surface area contributed by atoms with Crippen LogP contribution in [0.3, 0.4) is 0 Å². The Morgan fingerprint density at radius 2 is 1.90 bits per heavy atom. The van der Waals surface area contributed by atoms with E-state index >= 15 is 0 Å². The minimum Gasteiger partial charge on any atom is -0.493 e. The van der Waals surface area contributed by atoms with E-state index < -0.39 is 22.7 Å². The smallest absolute Gasteiger partial charge is 0.433 e. The largest absolute Gasteiger partial charge is 0.493 e. The highest BCUT2D eigenvalue weighted by Crippen LogP contribution is 2.34. The second-order valence-corrected chi connectivity index (χ2v) is 4.14. The summed E-state index contributed by atoms with van der Waals surface area (Å²) in [6, 6.07) is 3.99. The first kappa shape index (κ1) is 14.8. The van der Waals surface area contributed by atoms with Crippen LogP contribution in [0.15, 0.2) is 28.7 Å². The zero-order chi connectivity index (χ0) is 15.6. The van der Waals surface area contributed by atoms with Gasteiger partial charge in [0.05, 0.1) is 26.3 Å². The number of hydrogen-bond donors (Lipinski definition) is 1. The van der Waals surface area contributed by atoms with E-state index in [1.165, 1.54) is 26.4 Å². The molecule has 0 saturated carbocycles. The van der Waals surface area contributed by atoms with Crippen molar-refractivity contribution in [2.24, 2.45) is 5.73 Å². The molecule has 0 spiro atoms. The molecule has 2 N–H and O–H groups in total. The van der Waals surface area contributed by atoms with E-state index in [9.17, 15) is 14.5 Å². The van der Waals surface area contributed by atoms with Gasteiger partial charge in [0.15, 0.2) is 11.5 Å². The number of ether oxygens (including phenoxy) is 2. The normalized spacial score (nSPS) is 12.0. The molecule has 0 amide bonds. The second kappa shape index (κ2) is 5.80. The summed E-state index contributed by atoms with van der Waals surface area (Å²) in [4.78, 5) is 9.89. The Bertz CT molecular complexity index is 671. The van der Waals surface area contributed by atoms with Crippen LogP contribution in [0.25, 0.3) is 0 Å². The maximum Gasteiger partial charge on any atom is 0.433 e. The molecule has 1 aromatic carbocycles. The fraction of sp³-hybridized carbons (Fsp3) is 0.231. The minimum atomic E-state index is -1.00. The summed E-state index contributed by atoms with van der Waals surface area (Å²) in [7, 11) is 2.79. The fourth-order valence-electron chi connectivity index (χ4n) is 1.87. The maximum atomic E-state index is 14.1. The molecule has 112 valence electrons. The average molecular weight is 296 g/mol. The van der Waals surface area contributed by atoms with Gasteiger partial charge in [-0.2, -0.15) is 0 Å². The van der Waals surface area contributed by atoms with Crippen molar-refractivity contribution in [1.29, 1.82) is 0 Å². The SMILES string of the molecule is COc1cc(F)c(C(N)c2ccc([N+](=O)[O-])o2)cc1OC. The molecule has 0 bridgehead atoms. The fourth-order valence-corrected chi connectivity index (χ4v) is 1.87. The molecular weight excluding hydrogens is 283 g/mol. The lowest BCUT2D eigenvalue weighted by molar-refractivity contribution is -0.402. The van der Waals surface area contributed by atoms with Crippen molar-refractivity contribution in [1.82, 2.24) is 0 Å². The highest BCUT2D eigenvalue weighted by Gasteiger charge is 2.22. The highest BCUT2D eigenvalue weighted by molar-refractivity contribution is 5.46. The molecule has 0 aliphatic rings. The van der Waals surface area contributed by atoms with Crippen molar-refractivity contribution >= 4 is 5.88 Å². The van der Waals surface area contributed by atoms with Crippen molar-refractivity contribution in [3.05, 3.63) is 51.5 Å². The molecule has 0 aliphatic carbocycles. The second-order valence-electron chi connectivity index (χ2n) is 4.14. The van der Waals surface area contributed by atoms with Gasteiger partial charge in [-0.15, -0.1) is 0 Å². The van der Waals surface area contributed by atoms with E-state index in [0.717, 1.165) is 12.1 Å². The molecule has 0 fully saturated rings. The van der Waals surface area contributed by atoms with Gasteiger partial charge in [0, 0.05) is 11.6 Å². The number of benzene rings is 1. The zero-order valence-corrected chi connectivity index (χ0v) is 11.3. The Balaban J connectivity index is 2.42. The number of furan rings is 1. The summed E-state index contributed by atoms with van der Waals surface area (Å²) < 4.78 is 29.1. The van der Waals surface area contributed by atoms with Crippen molar-refractivity contribution in [2.75, 3.05) is 14.2 Å². The molecule has 1 atom stereocenters. The maximum absolute atomic E-state index is 14.1. The third kappa shape index (κ3) is 2.79. The molecule has 1 unspecified atom stereocenters. The number of nitro groups is 1. The molecule has 0 saturated heterocycles. The number of nitrogens with two attached hydrogens (primary N) is 1. The summed E-state index contributed by atoms with van der Waals surface area (Å²) in [5.41, 5.74) is 5.97. The van der Waals surface area contributed by atoms with Gasteiger partial charge in [0.25, 0.3) is 0 Å². The van der Waals surface area contributed by atoms with Crippen molar-refractivity contribution < 1.29 is 23.2 Å². The summed E-state index contributed by atoms with van der Waals surface area (Å²) in [6.07, 6.45) is 0. The van der Waals surface area contributed by atoms with E-state index in [1.807, 2.05) is 0 Å². The van der Waals surface area contributed by atoms with Gasteiger partial charge in [-0.25, -0.2) is 4.39 Å². The van der Waals surface area contributed by atoms with E-state index in [0.29, 0.717) is 5.75 Å². The van der Waals surface area contributed by atoms with E-state index in [1.54, 1.807) is 0 Å². The van der Waals surface area contributed by atoms with Gasteiger partial charge < -0.3 is 19.6 Å². The molecule has 2 rings (SSSR count). The summed E-state index contributed by atoms with van der Waals surface area (Å²) in [5.74, 6) is -0.491. The van der Waals surface area contributed by atoms with Crippen molar-refractivity contribution in [2.45, 2.75) is 6.04 Å². The summed E-state index contributed by atoms with van der Waals surface area (Å²) in [5, 5.41) is 10.6. The molecule has 7 nitrogen and oxygen atoms in total. The van der Waals surface area contributed by atoms with Crippen LogP contribution in [-0.4, -0.2) is 19.1 Å². The zero-order valence-electron chi connectivity index (χ0n) is 11.3. The number of nitrogens with zero attached hydrogens (tertiary/aromatic N) is 1. The van der Waals surface area contributed by atoms with Gasteiger partial charge >= 0.3 is 5.88 Å². The monoisotopic (exact) mass is 296 g/mol. The Morgan fingerprint density at radius 3 is 2.43 bits per heavy atom. The lowest BCUT2D eigenvalue weighted by Gasteiger charge is -2.14. The first-order valence-corrected chi connectivity index (χ1v) is 5.89. The predicted octanol–water partition coefficient (Wildman–Crippen LogP) is 2.39. The quantitative estimate of drug-likeness (QED) is 0.671. The Morgan fingerprint density at radius 1 is 1.29 bits per heavy atom. The van der Waals surface area contributed by atoms with Crippen LogP contribution < -0.4 is 15.2 Å². The third-order valence-electron chi connectivity index (χ3n) is 2.94. The van der Waals surface area contributed by atoms with E-state index in [2.05, 4.69) is 0 Å².